The summed E-state index contributed by atoms with van der Waals surface area (Å²) >= 11 is 2.37. The van der Waals surface area contributed by atoms with Crippen molar-refractivity contribution >= 4 is 38.3 Å². The molecule has 1 heterocycles. The quantitative estimate of drug-likeness (QED) is 0.872. The third-order valence-corrected chi connectivity index (χ3v) is 4.73. The second-order valence-electron chi connectivity index (χ2n) is 5.08. The molecule has 0 saturated carbocycles. The summed E-state index contributed by atoms with van der Waals surface area (Å²) in [6.45, 7) is 6.37. The van der Waals surface area contributed by atoms with E-state index in [1.807, 2.05) is 39.0 Å². The Kier molecular flexibility index (Phi) is 4.06. The lowest BCUT2D eigenvalue weighted by Gasteiger charge is -2.23. The lowest BCUT2D eigenvalue weighted by molar-refractivity contribution is 0.543. The number of furan rings is 1. The first-order valence-electron chi connectivity index (χ1n) is 5.69. The summed E-state index contributed by atoms with van der Waals surface area (Å²) in [5.74, 6) is 0. The molecular weight excluding hydrogens is 314 g/mol. The van der Waals surface area contributed by atoms with E-state index in [0.717, 1.165) is 21.0 Å². The molecule has 0 fully saturated rings. The van der Waals surface area contributed by atoms with Gasteiger partial charge in [-0.25, -0.2) is 0 Å². The molecule has 1 atom stereocenters. The predicted octanol–water partition coefficient (Wildman–Crippen LogP) is 3.75. The molecule has 0 saturated heterocycles. The van der Waals surface area contributed by atoms with Gasteiger partial charge in [-0.3, -0.25) is 0 Å². The lowest BCUT2D eigenvalue weighted by Crippen LogP contribution is -2.38. The fourth-order valence-corrected chi connectivity index (χ4v) is 2.75. The molecule has 98 valence electrons. The number of para-hydroxylation sites is 1. The molecule has 2 rings (SSSR count). The van der Waals surface area contributed by atoms with Gasteiger partial charge in [0, 0.05) is 22.3 Å². The number of hydrogen-bond donors (Lipinski definition) is 1. The summed E-state index contributed by atoms with van der Waals surface area (Å²) in [7, 11) is 0. The third kappa shape index (κ3) is 2.91. The summed E-state index contributed by atoms with van der Waals surface area (Å²) in [6, 6.07) is 5.91. The standard InChI is InChI=1S/C13H16BrNO2S/c1-13(2,3)18(16)15-7-9-8-17-12-10(9)5-4-6-11(12)14/h4-6,8,15H,7H2,1-3H3/t18-/m0/s1. The Labute approximate surface area is 118 Å². The van der Waals surface area contributed by atoms with Crippen LogP contribution < -0.4 is 4.72 Å². The third-order valence-electron chi connectivity index (χ3n) is 2.58. The van der Waals surface area contributed by atoms with E-state index in [0.29, 0.717) is 6.54 Å². The Morgan fingerprint density at radius 3 is 2.78 bits per heavy atom. The number of benzene rings is 1. The van der Waals surface area contributed by atoms with Gasteiger partial charge in [0.1, 0.15) is 10.3 Å². The first kappa shape index (κ1) is 13.9. The highest BCUT2D eigenvalue weighted by molar-refractivity contribution is 9.10. The van der Waals surface area contributed by atoms with Crippen LogP contribution in [-0.2, 0) is 17.9 Å². The van der Waals surface area contributed by atoms with E-state index in [2.05, 4.69) is 20.7 Å². The van der Waals surface area contributed by atoms with Crippen molar-refractivity contribution in [2.24, 2.45) is 0 Å². The van der Waals surface area contributed by atoms with Crippen molar-refractivity contribution < 1.29 is 8.97 Å². The van der Waals surface area contributed by atoms with Crippen molar-refractivity contribution in [1.82, 2.24) is 4.72 Å². The van der Waals surface area contributed by atoms with Gasteiger partial charge in [-0.2, -0.15) is 0 Å². The molecule has 0 bridgehead atoms. The molecule has 0 aliphatic carbocycles. The Morgan fingerprint density at radius 2 is 2.11 bits per heavy atom. The highest BCUT2D eigenvalue weighted by atomic mass is 79.9. The van der Waals surface area contributed by atoms with Gasteiger partial charge in [0.2, 0.25) is 0 Å². The largest absolute Gasteiger partial charge is 0.598 e. The fraction of sp³-hybridized carbons (Fsp3) is 0.385. The van der Waals surface area contributed by atoms with E-state index in [4.69, 9.17) is 4.42 Å². The van der Waals surface area contributed by atoms with E-state index in [1.54, 1.807) is 6.26 Å². The molecule has 0 radical (unpaired) electrons. The minimum absolute atomic E-state index is 0.264. The van der Waals surface area contributed by atoms with Crippen molar-refractivity contribution in [3.63, 3.8) is 0 Å². The maximum atomic E-state index is 11.9. The lowest BCUT2D eigenvalue weighted by atomic mass is 10.2. The van der Waals surface area contributed by atoms with Crippen molar-refractivity contribution in [2.45, 2.75) is 32.1 Å². The zero-order valence-corrected chi connectivity index (χ0v) is 13.0. The molecule has 1 N–H and O–H groups in total. The summed E-state index contributed by atoms with van der Waals surface area (Å²) in [5, 5.41) is 1.04. The molecule has 5 heteroatoms. The second-order valence-corrected chi connectivity index (χ2v) is 7.98. The molecule has 2 aromatic rings. The number of rotatable bonds is 3. The molecule has 18 heavy (non-hydrogen) atoms. The van der Waals surface area contributed by atoms with Gasteiger partial charge in [0.05, 0.1) is 17.3 Å². The molecule has 0 aliphatic rings. The molecule has 3 nitrogen and oxygen atoms in total. The van der Waals surface area contributed by atoms with E-state index < -0.39 is 11.4 Å². The highest BCUT2D eigenvalue weighted by Gasteiger charge is 2.26. The van der Waals surface area contributed by atoms with Crippen LogP contribution >= 0.6 is 15.9 Å². The predicted molar refractivity (Wildman–Crippen MR) is 78.6 cm³/mol. The van der Waals surface area contributed by atoms with Crippen LogP contribution in [0.3, 0.4) is 0 Å². The van der Waals surface area contributed by atoms with Gasteiger partial charge in [-0.05, 0) is 42.8 Å². The monoisotopic (exact) mass is 329 g/mol. The van der Waals surface area contributed by atoms with Crippen molar-refractivity contribution in [3.05, 3.63) is 34.5 Å². The van der Waals surface area contributed by atoms with Crippen LogP contribution in [0.1, 0.15) is 26.3 Å². The number of nitrogens with one attached hydrogen (secondary N) is 1. The summed E-state index contributed by atoms with van der Waals surface area (Å²) in [4.78, 5) is 0. The van der Waals surface area contributed by atoms with Gasteiger partial charge in [0.15, 0.2) is 0 Å². The van der Waals surface area contributed by atoms with Crippen molar-refractivity contribution in [3.8, 4) is 0 Å². The van der Waals surface area contributed by atoms with Crippen LogP contribution in [-0.4, -0.2) is 9.30 Å². The first-order chi connectivity index (χ1) is 8.39. The zero-order chi connectivity index (χ0) is 13.3. The Morgan fingerprint density at radius 1 is 1.39 bits per heavy atom. The van der Waals surface area contributed by atoms with Gasteiger partial charge >= 0.3 is 0 Å². The second kappa shape index (κ2) is 5.25. The molecule has 0 aliphatic heterocycles. The van der Waals surface area contributed by atoms with Crippen LogP contribution in [0.15, 0.2) is 33.4 Å². The van der Waals surface area contributed by atoms with Gasteiger partial charge in [0.25, 0.3) is 0 Å². The molecule has 0 amide bonds. The summed E-state index contributed by atoms with van der Waals surface area (Å²) in [6.07, 6.45) is 1.71. The molecule has 0 spiro atoms. The fourth-order valence-electron chi connectivity index (χ4n) is 1.57. The molecule has 1 aromatic carbocycles. The van der Waals surface area contributed by atoms with Gasteiger partial charge in [-0.1, -0.05) is 12.1 Å². The SMILES string of the molecule is CC(C)(C)[S@+]([O-])NCc1coc2c(Br)cccc12. The molecular formula is C13H16BrNO2S. The highest BCUT2D eigenvalue weighted by Crippen LogP contribution is 2.28. The zero-order valence-electron chi connectivity index (χ0n) is 10.6. The average molecular weight is 330 g/mol. The molecule has 1 aromatic heterocycles. The van der Waals surface area contributed by atoms with Crippen LogP contribution in [0.5, 0.6) is 0 Å². The molecule has 0 unspecified atom stereocenters. The number of halogens is 1. The van der Waals surface area contributed by atoms with Gasteiger partial charge < -0.3 is 8.97 Å². The minimum atomic E-state index is -1.07. The van der Waals surface area contributed by atoms with E-state index in [9.17, 15) is 4.55 Å². The number of fused-ring (bicyclic) bond motifs is 1. The normalized spacial score (nSPS) is 14.1. The van der Waals surface area contributed by atoms with Crippen molar-refractivity contribution in [2.75, 3.05) is 0 Å². The minimum Gasteiger partial charge on any atom is -0.598 e. The van der Waals surface area contributed by atoms with E-state index in [1.165, 1.54) is 0 Å². The Bertz CT molecular complexity index is 547. The summed E-state index contributed by atoms with van der Waals surface area (Å²) in [5.41, 5.74) is 1.85. The van der Waals surface area contributed by atoms with Crippen LogP contribution in [0.4, 0.5) is 0 Å². The van der Waals surface area contributed by atoms with Crippen molar-refractivity contribution in [1.29, 1.82) is 0 Å². The van der Waals surface area contributed by atoms with E-state index >= 15 is 0 Å². The maximum Gasteiger partial charge on any atom is 0.148 e. The topological polar surface area (TPSA) is 48.2 Å². The Hall–Kier alpha value is -0.490. The van der Waals surface area contributed by atoms with Crippen LogP contribution in [0.2, 0.25) is 0 Å². The maximum absolute atomic E-state index is 11.9. The summed E-state index contributed by atoms with van der Waals surface area (Å²) < 4.78 is 21.1. The smallest absolute Gasteiger partial charge is 0.148 e. The average Bonchev–Trinajstić information content (AvgIpc) is 2.69. The van der Waals surface area contributed by atoms with Gasteiger partial charge in [-0.15, -0.1) is 4.72 Å². The van der Waals surface area contributed by atoms with Crippen LogP contribution in [0, 0.1) is 0 Å². The first-order valence-corrected chi connectivity index (χ1v) is 7.64. The van der Waals surface area contributed by atoms with E-state index in [-0.39, 0.29) is 4.75 Å². The number of hydrogen-bond acceptors (Lipinski definition) is 3. The van der Waals surface area contributed by atoms with Crippen LogP contribution in [0.25, 0.3) is 11.0 Å². The Balaban J connectivity index is 2.16.